The summed E-state index contributed by atoms with van der Waals surface area (Å²) in [6.45, 7) is 11.5. The van der Waals surface area contributed by atoms with Crippen LogP contribution in [0.15, 0.2) is 18.2 Å². The van der Waals surface area contributed by atoms with Gasteiger partial charge in [0.05, 0.1) is 55.1 Å². The Morgan fingerprint density at radius 1 is 0.838 bits per heavy atom. The molecule has 4 aliphatic rings. The number of amides is 7. The maximum atomic E-state index is 14.3. The number of aliphatic hydroxyl groups excluding tert-OH is 2. The molecule has 25 nitrogen and oxygen atoms in total. The van der Waals surface area contributed by atoms with Gasteiger partial charge >= 0.3 is 0 Å². The Kier molecular flexibility index (Phi) is 20.2. The number of hydrogen-bond donors (Lipinski definition) is 11. The van der Waals surface area contributed by atoms with Crippen LogP contribution < -0.4 is 36.6 Å². The molecular weight excluding hydrogens is 1050 g/mol. The highest BCUT2D eigenvalue weighted by Crippen LogP contribution is 2.52. The summed E-state index contributed by atoms with van der Waals surface area (Å²) in [5, 5.41) is 72.5. The molecule has 0 spiro atoms. The van der Waals surface area contributed by atoms with E-state index in [9.17, 15) is 73.5 Å². The molecule has 2 aliphatic heterocycles. The highest BCUT2D eigenvalue weighted by molar-refractivity contribution is 6.31. The summed E-state index contributed by atoms with van der Waals surface area (Å²) < 4.78 is 17.7. The van der Waals surface area contributed by atoms with Crippen LogP contribution in [0.1, 0.15) is 143 Å². The van der Waals surface area contributed by atoms with Crippen molar-refractivity contribution in [2.45, 2.75) is 161 Å². The van der Waals surface area contributed by atoms with Gasteiger partial charge in [-0.2, -0.15) is 0 Å². The van der Waals surface area contributed by atoms with Gasteiger partial charge in [-0.15, -0.1) is 0 Å². The van der Waals surface area contributed by atoms with Gasteiger partial charge in [-0.3, -0.25) is 47.9 Å². The summed E-state index contributed by atoms with van der Waals surface area (Å²) in [6, 6.07) is -1.39. The van der Waals surface area contributed by atoms with E-state index in [4.69, 9.17) is 14.2 Å². The third-order valence-corrected chi connectivity index (χ3v) is 14.8. The van der Waals surface area contributed by atoms with Gasteiger partial charge < -0.3 is 76.5 Å². The number of aliphatic hydroxyl groups is 3. The summed E-state index contributed by atoms with van der Waals surface area (Å²) in [5.74, 6) is -9.65. The van der Waals surface area contributed by atoms with Crippen molar-refractivity contribution in [2.75, 3.05) is 33.4 Å². The summed E-state index contributed by atoms with van der Waals surface area (Å²) >= 11 is 0. The molecular formula is C55H75N7O18. The van der Waals surface area contributed by atoms with Crippen LogP contribution in [0.3, 0.4) is 0 Å². The number of carbonyl (C=O) groups excluding carboxylic acids is 10. The maximum Gasteiger partial charge on any atom is 0.243 e. The van der Waals surface area contributed by atoms with Gasteiger partial charge in [0.25, 0.3) is 0 Å². The van der Waals surface area contributed by atoms with Crippen molar-refractivity contribution < 1.29 is 87.7 Å². The zero-order chi connectivity index (χ0) is 59.2. The van der Waals surface area contributed by atoms with Crippen LogP contribution in [0.25, 0.3) is 0 Å². The van der Waals surface area contributed by atoms with Crippen LogP contribution in [-0.2, 0) is 54.3 Å². The van der Waals surface area contributed by atoms with Crippen molar-refractivity contribution >= 4 is 58.7 Å². The first-order valence-electron chi connectivity index (χ1n) is 26.9. The number of carbonyl (C=O) groups is 10. The minimum atomic E-state index is -2.44. The maximum absolute atomic E-state index is 14.3. The molecule has 438 valence electrons. The zero-order valence-corrected chi connectivity index (χ0v) is 46.4. The number of likely N-dealkylation sites (tertiary alicyclic amines) is 1. The van der Waals surface area contributed by atoms with E-state index in [1.807, 2.05) is 13.8 Å². The number of phenols is 2. The van der Waals surface area contributed by atoms with E-state index < -0.39 is 174 Å². The number of nitrogens with one attached hydrogen (secondary N) is 6. The molecule has 0 unspecified atom stereocenters. The zero-order valence-electron chi connectivity index (χ0n) is 46.4. The average Bonchev–Trinajstić information content (AvgIpc) is 3.99. The van der Waals surface area contributed by atoms with Gasteiger partial charge in [0.15, 0.2) is 17.9 Å². The van der Waals surface area contributed by atoms with Crippen molar-refractivity contribution in [2.24, 2.45) is 17.8 Å². The van der Waals surface area contributed by atoms with Crippen molar-refractivity contribution in [3.63, 3.8) is 0 Å². The number of ketones is 3. The average molecular weight is 1120 g/mol. The van der Waals surface area contributed by atoms with E-state index in [1.54, 1.807) is 27.7 Å². The number of nitrogens with zero attached hydrogens (tertiary/aromatic N) is 1. The Bertz CT molecular complexity index is 2770. The number of ether oxygens (including phenoxy) is 3. The lowest BCUT2D eigenvalue weighted by Crippen LogP contribution is -2.61. The topological polar surface area (TPSA) is 375 Å². The lowest BCUT2D eigenvalue weighted by atomic mass is 9.72. The number of Topliss-reactive ketones (excluding diaryl/α,β-unsaturated/α-hetero) is 1. The molecule has 80 heavy (non-hydrogen) atoms. The molecule has 2 saturated heterocycles. The van der Waals surface area contributed by atoms with E-state index >= 15 is 0 Å². The van der Waals surface area contributed by atoms with Gasteiger partial charge in [0.1, 0.15) is 59.7 Å². The summed E-state index contributed by atoms with van der Waals surface area (Å²) in [4.78, 5) is 135. The molecule has 6 rings (SSSR count). The lowest BCUT2D eigenvalue weighted by molar-refractivity contribution is -0.249. The number of rotatable bonds is 22. The van der Waals surface area contributed by atoms with Crippen molar-refractivity contribution in [1.29, 1.82) is 0 Å². The minimum absolute atomic E-state index is 0.0127. The molecule has 2 aromatic carbocycles. The fraction of sp³-hybridized carbons (Fsp3) is 0.600. The van der Waals surface area contributed by atoms with Crippen molar-refractivity contribution in [1.82, 2.24) is 36.8 Å². The number of fused-ring (bicyclic) bond motifs is 3. The second-order valence-electron chi connectivity index (χ2n) is 22.2. The molecule has 25 heteroatoms. The summed E-state index contributed by atoms with van der Waals surface area (Å²) in [6.07, 6.45) is -6.04. The Morgan fingerprint density at radius 3 is 2.10 bits per heavy atom. The molecule has 0 bridgehead atoms. The largest absolute Gasteiger partial charge is 0.507 e. The van der Waals surface area contributed by atoms with Gasteiger partial charge in [-0.25, -0.2) is 0 Å². The van der Waals surface area contributed by atoms with Crippen molar-refractivity contribution in [3.05, 3.63) is 51.6 Å². The Hall–Kier alpha value is -7.06. The standard InChI is InChI=1S/C55H75N7O18/c1-24(2)16-32(59-53(75)34-13-11-15-62(34)39(67)22-56-28(8)64)51(73)57-21-38(66)61-45(26(5)6)54(76)60-33(17-25(3)4)52(74)58-31-18-40(79-27(7)46(31)68)80-36-20-55(77,37(65)23-63)19-30-42(36)50(72)44-43(48(30)70)47(69)29-12-10-14-35(78-9)41(29)49(44)71/h10,12,14,24-27,31-34,36,40,45-46,63,68,70,72,77H,11,13,15-23H2,1-9H3,(H,56,64)(H,57,73)(H,58,74)(H,59,75)(H,60,76)(H,61,66)/t27-,31-,32-,33-,34-,36-,40-,45-,46+,55-/m0/s1. The lowest BCUT2D eigenvalue weighted by Gasteiger charge is -2.43. The van der Waals surface area contributed by atoms with Gasteiger partial charge in [0, 0.05) is 49.4 Å². The number of methoxy groups -OCH3 is 1. The second kappa shape index (κ2) is 26.0. The molecule has 0 saturated carbocycles. The first-order chi connectivity index (χ1) is 37.6. The van der Waals surface area contributed by atoms with E-state index in [0.717, 1.165) is 0 Å². The van der Waals surface area contributed by atoms with E-state index in [-0.39, 0.29) is 72.2 Å². The predicted molar refractivity (Wildman–Crippen MR) is 282 cm³/mol. The highest BCUT2D eigenvalue weighted by Gasteiger charge is 2.51. The highest BCUT2D eigenvalue weighted by atomic mass is 16.7. The Labute approximate surface area is 462 Å². The first kappa shape index (κ1) is 62.1. The van der Waals surface area contributed by atoms with Gasteiger partial charge in [-0.1, -0.05) is 53.7 Å². The number of benzene rings is 2. The van der Waals surface area contributed by atoms with Crippen LogP contribution >= 0.6 is 0 Å². The molecule has 0 aromatic heterocycles. The monoisotopic (exact) mass is 1120 g/mol. The summed E-state index contributed by atoms with van der Waals surface area (Å²) in [5.41, 5.74) is -4.53. The third-order valence-electron chi connectivity index (χ3n) is 14.8. The molecule has 10 atom stereocenters. The van der Waals surface area contributed by atoms with Crippen LogP contribution in [0.2, 0.25) is 0 Å². The SMILES string of the molecule is COc1cccc2c1C(=O)c1c(O)c3c(c(O)c1C2=O)C[C@@](O)(C(=O)CO)C[C@@H]3O[C@H]1C[C@H](NC(=O)[C@H](CC(C)C)NC(=O)[C@@H](NC(=O)CNC(=O)[C@H](CC(C)C)NC(=O)[C@@H]2CCCN2C(=O)CNC(C)=O)C(C)C)[C@H](O)[C@H](C)O1. The van der Waals surface area contributed by atoms with E-state index in [1.165, 1.54) is 44.1 Å². The molecule has 2 fully saturated rings. The first-order valence-corrected chi connectivity index (χ1v) is 26.9. The smallest absolute Gasteiger partial charge is 0.243 e. The van der Waals surface area contributed by atoms with Crippen molar-refractivity contribution in [3.8, 4) is 17.2 Å². The fourth-order valence-corrected chi connectivity index (χ4v) is 10.8. The molecule has 11 N–H and O–H groups in total. The normalized spacial score (nSPS) is 23.5. The van der Waals surface area contributed by atoms with Crippen LogP contribution in [0.4, 0.5) is 0 Å². The number of hydrogen-bond acceptors (Lipinski definition) is 18. The van der Waals surface area contributed by atoms with E-state index in [0.29, 0.717) is 12.8 Å². The Morgan fingerprint density at radius 2 is 1.49 bits per heavy atom. The van der Waals surface area contributed by atoms with Gasteiger partial charge in [-0.05, 0) is 56.4 Å². The second-order valence-corrected chi connectivity index (χ2v) is 22.2. The number of phenolic OH excluding ortho intramolecular Hbond substituents is 2. The molecule has 0 radical (unpaired) electrons. The minimum Gasteiger partial charge on any atom is -0.507 e. The van der Waals surface area contributed by atoms with Crippen LogP contribution in [0.5, 0.6) is 17.2 Å². The molecule has 2 aromatic rings. The van der Waals surface area contributed by atoms with Crippen LogP contribution in [0, 0.1) is 17.8 Å². The van der Waals surface area contributed by atoms with Gasteiger partial charge in [0.2, 0.25) is 47.1 Å². The third kappa shape index (κ3) is 13.7. The fourth-order valence-electron chi connectivity index (χ4n) is 10.8. The molecule has 7 amide bonds. The van der Waals surface area contributed by atoms with E-state index in [2.05, 4.69) is 31.9 Å². The molecule has 2 aliphatic carbocycles. The predicted octanol–water partition coefficient (Wildman–Crippen LogP) is -0.395. The quantitative estimate of drug-likeness (QED) is 0.0571. The number of aromatic hydroxyl groups is 2. The molecule has 2 heterocycles. The van der Waals surface area contributed by atoms with Crippen LogP contribution in [-0.4, -0.2) is 177 Å². The summed E-state index contributed by atoms with van der Waals surface area (Å²) in [7, 11) is 1.28. The Balaban J connectivity index is 1.14.